The number of nitrogens with zero attached hydrogens (tertiary/aromatic N) is 3. The molecule has 0 aliphatic heterocycles. The molecule has 0 fully saturated rings. The third-order valence-corrected chi connectivity index (χ3v) is 8.32. The monoisotopic (exact) mass is 509 g/mol. The number of para-hydroxylation sites is 2. The topological polar surface area (TPSA) is 22.2 Å². The molecule has 0 unspecified atom stereocenters. The lowest BCUT2D eigenvalue weighted by Crippen LogP contribution is -1.96. The minimum atomic E-state index is 1.06. The second kappa shape index (κ2) is 8.05. The molecule has 0 aliphatic rings. The summed E-state index contributed by atoms with van der Waals surface area (Å²) >= 11 is 0. The normalized spacial score (nSPS) is 12.0. The van der Waals surface area contributed by atoms with Crippen LogP contribution in [0.2, 0.25) is 0 Å². The Morgan fingerprint density at radius 2 is 1.05 bits per heavy atom. The van der Waals surface area contributed by atoms with Crippen molar-refractivity contribution in [1.82, 2.24) is 14.0 Å². The summed E-state index contributed by atoms with van der Waals surface area (Å²) in [5, 5.41) is 7.56. The summed E-state index contributed by atoms with van der Waals surface area (Å²) < 4.78 is 4.80. The van der Waals surface area contributed by atoms with Crippen molar-refractivity contribution >= 4 is 59.9 Å². The van der Waals surface area contributed by atoms with Crippen LogP contribution in [0.1, 0.15) is 0 Å². The highest BCUT2D eigenvalue weighted by molar-refractivity contribution is 6.18. The summed E-state index contributed by atoms with van der Waals surface area (Å²) in [7, 11) is 0. The molecule has 5 aromatic carbocycles. The van der Waals surface area contributed by atoms with E-state index >= 15 is 0 Å². The van der Waals surface area contributed by atoms with E-state index in [1.165, 1.54) is 59.9 Å². The Morgan fingerprint density at radius 3 is 1.85 bits per heavy atom. The molecule has 0 radical (unpaired) electrons. The van der Waals surface area contributed by atoms with Gasteiger partial charge in [-0.3, -0.25) is 4.98 Å². The molecule has 0 spiro atoms. The molecule has 0 saturated carbocycles. The third-order valence-electron chi connectivity index (χ3n) is 8.32. The van der Waals surface area contributed by atoms with Crippen LogP contribution in [-0.2, 0) is 0 Å². The molecule has 3 heteroatoms. The molecule has 9 aromatic rings. The number of rotatable bonds is 2. The highest BCUT2D eigenvalue weighted by atomic mass is 15.0. The number of benzene rings is 5. The SMILES string of the molecule is c1ccc(-c2cncc(-n3c4ccccc4c4cc5cc6c7ccccc7c7ccccc7n6c5cc43)c2)cc1. The lowest BCUT2D eigenvalue weighted by molar-refractivity contribution is 1.14. The number of pyridine rings is 2. The van der Waals surface area contributed by atoms with Crippen LogP contribution in [0.15, 0.2) is 140 Å². The molecule has 0 aliphatic carbocycles. The van der Waals surface area contributed by atoms with Crippen molar-refractivity contribution < 1.29 is 0 Å². The standard InChI is InChI=1S/C37H23N3/c1-2-10-24(11-3-1)26-18-27(23-38-22-26)39-33-16-8-7-15-31(33)32-19-25-20-36-30-14-5-4-12-28(30)29-13-6-9-17-34(29)40(36)35(25)21-37(32)39/h1-23H. The van der Waals surface area contributed by atoms with E-state index in [4.69, 9.17) is 0 Å². The van der Waals surface area contributed by atoms with Crippen LogP contribution >= 0.6 is 0 Å². The molecule has 9 rings (SSSR count). The maximum Gasteiger partial charge on any atom is 0.0651 e. The van der Waals surface area contributed by atoms with E-state index in [2.05, 4.69) is 135 Å². The van der Waals surface area contributed by atoms with Crippen LogP contribution in [0.25, 0.3) is 76.7 Å². The second-order valence-electron chi connectivity index (χ2n) is 10.5. The van der Waals surface area contributed by atoms with Gasteiger partial charge in [-0.15, -0.1) is 0 Å². The molecule has 186 valence electrons. The molecule has 3 nitrogen and oxygen atoms in total. The van der Waals surface area contributed by atoms with Crippen LogP contribution in [0.5, 0.6) is 0 Å². The van der Waals surface area contributed by atoms with E-state index in [0.717, 1.165) is 16.8 Å². The van der Waals surface area contributed by atoms with Gasteiger partial charge in [-0.2, -0.15) is 0 Å². The van der Waals surface area contributed by atoms with Gasteiger partial charge in [0.05, 0.1) is 39.5 Å². The maximum atomic E-state index is 4.68. The first-order chi connectivity index (χ1) is 19.8. The Kier molecular flexibility index (Phi) is 4.33. The predicted octanol–water partition coefficient (Wildman–Crippen LogP) is 9.56. The largest absolute Gasteiger partial charge is 0.309 e. The van der Waals surface area contributed by atoms with Gasteiger partial charge in [0.15, 0.2) is 0 Å². The van der Waals surface area contributed by atoms with Crippen LogP contribution in [0, 0.1) is 0 Å². The lowest BCUT2D eigenvalue weighted by Gasteiger charge is -2.11. The highest BCUT2D eigenvalue weighted by Gasteiger charge is 2.17. The fraction of sp³-hybridized carbons (Fsp3) is 0. The van der Waals surface area contributed by atoms with E-state index < -0.39 is 0 Å². The van der Waals surface area contributed by atoms with E-state index in [0.29, 0.717) is 0 Å². The fourth-order valence-electron chi connectivity index (χ4n) is 6.58. The van der Waals surface area contributed by atoms with Crippen molar-refractivity contribution in [2.75, 3.05) is 0 Å². The van der Waals surface area contributed by atoms with E-state index in [1.807, 2.05) is 18.5 Å². The molecule has 4 aromatic heterocycles. The lowest BCUT2D eigenvalue weighted by atomic mass is 10.1. The Labute approximate surface area is 230 Å². The first kappa shape index (κ1) is 21.5. The minimum Gasteiger partial charge on any atom is -0.309 e. The van der Waals surface area contributed by atoms with Gasteiger partial charge in [0, 0.05) is 38.7 Å². The Hall–Kier alpha value is -5.41. The summed E-state index contributed by atoms with van der Waals surface area (Å²) in [6.07, 6.45) is 3.92. The Morgan fingerprint density at radius 1 is 0.400 bits per heavy atom. The molecule has 0 atom stereocenters. The first-order valence-corrected chi connectivity index (χ1v) is 13.6. The van der Waals surface area contributed by atoms with E-state index in [9.17, 15) is 0 Å². The van der Waals surface area contributed by atoms with E-state index in [1.54, 1.807) is 0 Å². The maximum absolute atomic E-state index is 4.68. The zero-order valence-electron chi connectivity index (χ0n) is 21.6. The number of fused-ring (bicyclic) bond motifs is 11. The molecule has 0 amide bonds. The quantitative estimate of drug-likeness (QED) is 0.213. The van der Waals surface area contributed by atoms with Gasteiger partial charge >= 0.3 is 0 Å². The van der Waals surface area contributed by atoms with Crippen molar-refractivity contribution in [2.24, 2.45) is 0 Å². The van der Waals surface area contributed by atoms with Gasteiger partial charge in [0.25, 0.3) is 0 Å². The summed E-state index contributed by atoms with van der Waals surface area (Å²) in [6, 6.07) is 46.0. The number of hydrogen-bond acceptors (Lipinski definition) is 1. The summed E-state index contributed by atoms with van der Waals surface area (Å²) in [4.78, 5) is 4.68. The van der Waals surface area contributed by atoms with Crippen LogP contribution in [0.3, 0.4) is 0 Å². The zero-order valence-corrected chi connectivity index (χ0v) is 21.6. The van der Waals surface area contributed by atoms with Gasteiger partial charge in [0.2, 0.25) is 0 Å². The van der Waals surface area contributed by atoms with Crippen molar-refractivity contribution in [1.29, 1.82) is 0 Å². The van der Waals surface area contributed by atoms with Crippen molar-refractivity contribution in [3.05, 3.63) is 140 Å². The Bertz CT molecular complexity index is 2430. The molecular formula is C37H23N3. The minimum absolute atomic E-state index is 1.06. The molecule has 40 heavy (non-hydrogen) atoms. The second-order valence-corrected chi connectivity index (χ2v) is 10.5. The van der Waals surface area contributed by atoms with Gasteiger partial charge in [-0.1, -0.05) is 91.0 Å². The van der Waals surface area contributed by atoms with Crippen LogP contribution in [-0.4, -0.2) is 14.0 Å². The van der Waals surface area contributed by atoms with Gasteiger partial charge in [-0.05, 0) is 47.3 Å². The molecular weight excluding hydrogens is 486 g/mol. The third kappa shape index (κ3) is 2.92. The van der Waals surface area contributed by atoms with Crippen molar-refractivity contribution in [3.63, 3.8) is 0 Å². The first-order valence-electron chi connectivity index (χ1n) is 13.6. The van der Waals surface area contributed by atoms with Crippen molar-refractivity contribution in [2.45, 2.75) is 0 Å². The summed E-state index contributed by atoms with van der Waals surface area (Å²) in [5.41, 5.74) is 9.36. The Balaban J connectivity index is 1.43. The van der Waals surface area contributed by atoms with Gasteiger partial charge in [0.1, 0.15) is 0 Å². The molecule has 0 bridgehead atoms. The predicted molar refractivity (Wildman–Crippen MR) is 167 cm³/mol. The van der Waals surface area contributed by atoms with Gasteiger partial charge < -0.3 is 8.97 Å². The molecule has 0 saturated heterocycles. The zero-order chi connectivity index (χ0) is 26.2. The molecule has 4 heterocycles. The van der Waals surface area contributed by atoms with Crippen LogP contribution in [0.4, 0.5) is 0 Å². The summed E-state index contributed by atoms with van der Waals surface area (Å²) in [6.45, 7) is 0. The summed E-state index contributed by atoms with van der Waals surface area (Å²) in [5.74, 6) is 0. The van der Waals surface area contributed by atoms with Crippen molar-refractivity contribution in [3.8, 4) is 16.8 Å². The van der Waals surface area contributed by atoms with Crippen LogP contribution < -0.4 is 0 Å². The fourth-order valence-corrected chi connectivity index (χ4v) is 6.58. The molecule has 0 N–H and O–H groups in total. The highest BCUT2D eigenvalue weighted by Crippen LogP contribution is 2.39. The number of aromatic nitrogens is 3. The smallest absolute Gasteiger partial charge is 0.0651 e. The van der Waals surface area contributed by atoms with Gasteiger partial charge in [-0.25, -0.2) is 0 Å². The number of hydrogen-bond donors (Lipinski definition) is 0. The average molecular weight is 510 g/mol. The average Bonchev–Trinajstić information content (AvgIpc) is 3.56. The van der Waals surface area contributed by atoms with E-state index in [-0.39, 0.29) is 0 Å².